The van der Waals surface area contributed by atoms with Crippen molar-refractivity contribution in [2.45, 2.75) is 32.2 Å². The van der Waals surface area contributed by atoms with Crippen LogP contribution in [0.5, 0.6) is 0 Å². The Morgan fingerprint density at radius 1 is 1.19 bits per heavy atom. The molecule has 0 aliphatic rings. The summed E-state index contributed by atoms with van der Waals surface area (Å²) in [6, 6.07) is 5.54. The standard InChI is InChI=1S/C17H18Cl2N4O2.ClH/c1-10(20-2)7-15-22-17(25-23-15)6-5-16-21-9-14(24-16)12-4-3-11(18)8-13(12)19;/h3-4,8-10,20H,5-7H2,1-2H3;1H. The first-order valence-electron chi connectivity index (χ1n) is 7.94. The van der Waals surface area contributed by atoms with Gasteiger partial charge in [0.2, 0.25) is 5.89 Å². The van der Waals surface area contributed by atoms with Gasteiger partial charge < -0.3 is 14.3 Å². The van der Waals surface area contributed by atoms with E-state index in [0.29, 0.717) is 52.3 Å². The van der Waals surface area contributed by atoms with E-state index in [2.05, 4.69) is 27.4 Å². The molecule has 1 atom stereocenters. The van der Waals surface area contributed by atoms with E-state index in [1.165, 1.54) is 0 Å². The summed E-state index contributed by atoms with van der Waals surface area (Å²) < 4.78 is 11.0. The lowest BCUT2D eigenvalue weighted by atomic mass is 10.2. The number of aromatic nitrogens is 3. The highest BCUT2D eigenvalue weighted by Gasteiger charge is 2.13. The lowest BCUT2D eigenvalue weighted by molar-refractivity contribution is 0.366. The van der Waals surface area contributed by atoms with Gasteiger partial charge in [-0.15, -0.1) is 12.4 Å². The fourth-order valence-electron chi connectivity index (χ4n) is 2.30. The molecule has 9 heteroatoms. The van der Waals surface area contributed by atoms with Gasteiger partial charge in [-0.1, -0.05) is 28.4 Å². The molecule has 26 heavy (non-hydrogen) atoms. The Morgan fingerprint density at radius 3 is 2.69 bits per heavy atom. The van der Waals surface area contributed by atoms with E-state index in [0.717, 1.165) is 12.0 Å². The first kappa shape index (κ1) is 20.7. The number of rotatable bonds is 7. The van der Waals surface area contributed by atoms with Gasteiger partial charge in [0.15, 0.2) is 17.5 Å². The number of nitrogens with one attached hydrogen (secondary N) is 1. The predicted octanol–water partition coefficient (Wildman–Crippen LogP) is 4.39. The summed E-state index contributed by atoms with van der Waals surface area (Å²) in [6.45, 7) is 2.06. The molecule has 6 nitrogen and oxygen atoms in total. The Balaban J connectivity index is 0.00000243. The van der Waals surface area contributed by atoms with Gasteiger partial charge in [-0.05, 0) is 32.2 Å². The van der Waals surface area contributed by atoms with E-state index >= 15 is 0 Å². The van der Waals surface area contributed by atoms with Crippen molar-refractivity contribution in [3.8, 4) is 11.3 Å². The number of aryl methyl sites for hydroxylation is 2. The van der Waals surface area contributed by atoms with Crippen LogP contribution in [0.25, 0.3) is 11.3 Å². The number of halogens is 3. The number of oxazole rings is 1. The fourth-order valence-corrected chi connectivity index (χ4v) is 2.81. The van der Waals surface area contributed by atoms with Crippen molar-refractivity contribution < 1.29 is 8.94 Å². The van der Waals surface area contributed by atoms with E-state index < -0.39 is 0 Å². The first-order chi connectivity index (χ1) is 12.0. The Labute approximate surface area is 167 Å². The molecular formula is C17H19Cl3N4O2. The van der Waals surface area contributed by atoms with Crippen LogP contribution in [-0.4, -0.2) is 28.2 Å². The van der Waals surface area contributed by atoms with Crippen LogP contribution in [0.15, 0.2) is 33.3 Å². The first-order valence-corrected chi connectivity index (χ1v) is 8.69. The van der Waals surface area contributed by atoms with Crippen LogP contribution in [0.1, 0.15) is 24.5 Å². The van der Waals surface area contributed by atoms with Crippen molar-refractivity contribution in [3.63, 3.8) is 0 Å². The molecule has 3 rings (SSSR count). The van der Waals surface area contributed by atoms with E-state index in [1.54, 1.807) is 18.3 Å². The van der Waals surface area contributed by atoms with E-state index in [4.69, 9.17) is 32.1 Å². The van der Waals surface area contributed by atoms with Crippen molar-refractivity contribution in [1.29, 1.82) is 0 Å². The normalized spacial score (nSPS) is 12.0. The molecule has 0 amide bonds. The maximum atomic E-state index is 6.19. The van der Waals surface area contributed by atoms with Gasteiger partial charge in [-0.3, -0.25) is 0 Å². The molecule has 0 fully saturated rings. The third-order valence-corrected chi connectivity index (χ3v) is 4.34. The number of nitrogens with zero attached hydrogens (tertiary/aromatic N) is 3. The third-order valence-electron chi connectivity index (χ3n) is 3.79. The number of likely N-dealkylation sites (N-methyl/N-ethyl adjacent to an activating group) is 1. The molecule has 0 aliphatic heterocycles. The van der Waals surface area contributed by atoms with Crippen LogP contribution in [0.3, 0.4) is 0 Å². The Bertz CT molecular complexity index is 850. The number of hydrogen-bond donors (Lipinski definition) is 1. The summed E-state index contributed by atoms with van der Waals surface area (Å²) in [5.41, 5.74) is 0.756. The van der Waals surface area contributed by atoms with Crippen LogP contribution in [0, 0.1) is 0 Å². The number of benzene rings is 1. The summed E-state index contributed by atoms with van der Waals surface area (Å²) in [6.07, 6.45) is 3.50. The molecule has 2 heterocycles. The van der Waals surface area contributed by atoms with Gasteiger partial charge in [0.25, 0.3) is 0 Å². The second-order valence-corrected chi connectivity index (χ2v) is 6.58. The predicted molar refractivity (Wildman–Crippen MR) is 103 cm³/mol. The van der Waals surface area contributed by atoms with Crippen LogP contribution in [0.4, 0.5) is 0 Å². The molecule has 140 valence electrons. The van der Waals surface area contributed by atoms with Gasteiger partial charge >= 0.3 is 0 Å². The zero-order valence-corrected chi connectivity index (χ0v) is 16.7. The minimum Gasteiger partial charge on any atom is -0.441 e. The van der Waals surface area contributed by atoms with Crippen LogP contribution in [-0.2, 0) is 19.3 Å². The maximum Gasteiger partial charge on any atom is 0.227 e. The fraction of sp³-hybridized carbons (Fsp3) is 0.353. The highest BCUT2D eigenvalue weighted by molar-refractivity contribution is 6.36. The topological polar surface area (TPSA) is 77.0 Å². The van der Waals surface area contributed by atoms with Crippen molar-refractivity contribution in [2.24, 2.45) is 0 Å². The summed E-state index contributed by atoms with van der Waals surface area (Å²) in [4.78, 5) is 8.66. The quantitative estimate of drug-likeness (QED) is 0.614. The molecule has 0 radical (unpaired) electrons. The molecular weight excluding hydrogens is 399 g/mol. The lowest BCUT2D eigenvalue weighted by Gasteiger charge is -2.04. The summed E-state index contributed by atoms with van der Waals surface area (Å²) in [5, 5.41) is 8.22. The zero-order valence-electron chi connectivity index (χ0n) is 14.3. The van der Waals surface area contributed by atoms with Crippen molar-refractivity contribution in [1.82, 2.24) is 20.4 Å². The molecule has 1 N–H and O–H groups in total. The molecule has 0 aliphatic carbocycles. The highest BCUT2D eigenvalue weighted by Crippen LogP contribution is 2.30. The summed E-state index contributed by atoms with van der Waals surface area (Å²) in [5.74, 6) is 2.45. The van der Waals surface area contributed by atoms with Crippen LogP contribution >= 0.6 is 35.6 Å². The Kier molecular flexibility index (Phi) is 7.46. The average Bonchev–Trinajstić information content (AvgIpc) is 3.22. The molecule has 1 aromatic carbocycles. The van der Waals surface area contributed by atoms with Gasteiger partial charge in [0.1, 0.15) is 0 Å². The average molecular weight is 418 g/mol. The molecule has 0 spiro atoms. The van der Waals surface area contributed by atoms with Crippen LogP contribution in [0.2, 0.25) is 10.0 Å². The second kappa shape index (κ2) is 9.37. The number of hydrogen-bond acceptors (Lipinski definition) is 6. The third kappa shape index (κ3) is 5.20. The lowest BCUT2D eigenvalue weighted by Crippen LogP contribution is -2.24. The maximum absolute atomic E-state index is 6.19. The Morgan fingerprint density at radius 2 is 1.96 bits per heavy atom. The van der Waals surface area contributed by atoms with E-state index in [1.807, 2.05) is 13.1 Å². The largest absolute Gasteiger partial charge is 0.441 e. The highest BCUT2D eigenvalue weighted by atomic mass is 35.5. The van der Waals surface area contributed by atoms with Crippen molar-refractivity contribution in [3.05, 3.63) is 52.0 Å². The molecule has 2 aromatic heterocycles. The SMILES string of the molecule is CNC(C)Cc1noc(CCc2ncc(-c3ccc(Cl)cc3Cl)o2)n1.Cl. The molecule has 0 saturated carbocycles. The monoisotopic (exact) mass is 416 g/mol. The van der Waals surface area contributed by atoms with Gasteiger partial charge in [0, 0.05) is 35.9 Å². The minimum atomic E-state index is 0. The van der Waals surface area contributed by atoms with E-state index in [-0.39, 0.29) is 12.4 Å². The smallest absolute Gasteiger partial charge is 0.227 e. The molecule has 0 saturated heterocycles. The summed E-state index contributed by atoms with van der Waals surface area (Å²) >= 11 is 12.1. The van der Waals surface area contributed by atoms with E-state index in [9.17, 15) is 0 Å². The second-order valence-electron chi connectivity index (χ2n) is 5.74. The van der Waals surface area contributed by atoms with Crippen molar-refractivity contribution >= 4 is 35.6 Å². The van der Waals surface area contributed by atoms with Crippen LogP contribution < -0.4 is 5.32 Å². The zero-order chi connectivity index (χ0) is 17.8. The minimum absolute atomic E-state index is 0. The molecule has 3 aromatic rings. The molecule has 0 bridgehead atoms. The van der Waals surface area contributed by atoms with Gasteiger partial charge in [-0.25, -0.2) is 4.98 Å². The van der Waals surface area contributed by atoms with Crippen molar-refractivity contribution in [2.75, 3.05) is 7.05 Å². The Hall–Kier alpha value is -1.60. The summed E-state index contributed by atoms with van der Waals surface area (Å²) in [7, 11) is 1.90. The van der Waals surface area contributed by atoms with Gasteiger partial charge in [0.05, 0.1) is 11.2 Å². The van der Waals surface area contributed by atoms with Gasteiger partial charge in [-0.2, -0.15) is 4.98 Å². The molecule has 1 unspecified atom stereocenters.